The summed E-state index contributed by atoms with van der Waals surface area (Å²) in [6.07, 6.45) is 2.32. The lowest BCUT2D eigenvalue weighted by molar-refractivity contribution is 0.0695. The number of pyridine rings is 1. The second kappa shape index (κ2) is 7.85. The third kappa shape index (κ3) is 3.91. The number of likely N-dealkylation sites (tertiary alicyclic amines) is 1. The van der Waals surface area contributed by atoms with E-state index >= 15 is 0 Å². The number of aromatic amines is 1. The molecule has 2 aromatic rings. The summed E-state index contributed by atoms with van der Waals surface area (Å²) in [6, 6.07) is 6.91. The van der Waals surface area contributed by atoms with Crippen molar-refractivity contribution in [1.82, 2.24) is 9.88 Å². The van der Waals surface area contributed by atoms with Crippen LogP contribution in [0.2, 0.25) is 0 Å². The van der Waals surface area contributed by atoms with Gasteiger partial charge in [0.2, 0.25) is 0 Å². The second-order valence-corrected chi connectivity index (χ2v) is 7.26. The van der Waals surface area contributed by atoms with Crippen molar-refractivity contribution in [3.63, 3.8) is 0 Å². The first-order chi connectivity index (χ1) is 13.3. The van der Waals surface area contributed by atoms with Crippen molar-refractivity contribution in [3.8, 4) is 11.1 Å². The minimum absolute atomic E-state index is 0.181. The molecule has 0 unspecified atom stereocenters. The average Bonchev–Trinajstić information content (AvgIpc) is 2.63. The minimum atomic E-state index is -1.51. The Morgan fingerprint density at radius 2 is 1.68 bits per heavy atom. The highest BCUT2D eigenvalue weighted by molar-refractivity contribution is 6.07. The van der Waals surface area contributed by atoms with Crippen LogP contribution in [0.25, 0.3) is 11.1 Å². The zero-order valence-electron chi connectivity index (χ0n) is 15.6. The van der Waals surface area contributed by atoms with Crippen molar-refractivity contribution >= 4 is 17.8 Å². The fraction of sp³-hybridized carbons (Fsp3) is 0.350. The molecule has 0 bridgehead atoms. The number of nitrogens with two attached hydrogens (primary N) is 1. The van der Waals surface area contributed by atoms with E-state index in [1.807, 2.05) is 12.1 Å². The summed E-state index contributed by atoms with van der Waals surface area (Å²) in [5, 5.41) is 18.9. The van der Waals surface area contributed by atoms with Gasteiger partial charge in [0.15, 0.2) is 0 Å². The van der Waals surface area contributed by atoms with Crippen LogP contribution in [0, 0.1) is 5.92 Å². The SMILES string of the molecule is CC1CCN(Cc2ccc(-c3c(C(=O)O)c(N)[nH]c(=O)c3C(=O)O)cc2)CC1. The largest absolute Gasteiger partial charge is 0.478 e. The second-order valence-electron chi connectivity index (χ2n) is 7.26. The highest BCUT2D eigenvalue weighted by Gasteiger charge is 2.26. The van der Waals surface area contributed by atoms with E-state index in [0.29, 0.717) is 5.56 Å². The zero-order valence-corrected chi connectivity index (χ0v) is 15.6. The number of hydrogen-bond donors (Lipinski definition) is 4. The van der Waals surface area contributed by atoms with Gasteiger partial charge in [-0.05, 0) is 43.0 Å². The van der Waals surface area contributed by atoms with Crippen LogP contribution in [0.5, 0.6) is 0 Å². The van der Waals surface area contributed by atoms with Gasteiger partial charge < -0.3 is 20.9 Å². The summed E-state index contributed by atoms with van der Waals surface area (Å²) >= 11 is 0. The van der Waals surface area contributed by atoms with Crippen molar-refractivity contribution < 1.29 is 19.8 Å². The molecule has 1 saturated heterocycles. The Hall–Kier alpha value is -3.13. The molecule has 3 rings (SSSR count). The Bertz CT molecular complexity index is 957. The van der Waals surface area contributed by atoms with Gasteiger partial charge in [0.25, 0.3) is 5.56 Å². The Balaban J connectivity index is 1.98. The smallest absolute Gasteiger partial charge is 0.342 e. The van der Waals surface area contributed by atoms with Crippen LogP contribution >= 0.6 is 0 Å². The standard InChI is InChI=1S/C20H23N3O5/c1-11-6-8-23(9-7-11)10-12-2-4-13(5-3-12)14-15(19(25)26)17(21)22-18(24)16(14)20(27)28/h2-5,11H,6-10H2,1H3,(H,25,26)(H,27,28)(H3,21,22,24). The number of carboxylic acid groups (broad SMARTS) is 2. The summed E-state index contributed by atoms with van der Waals surface area (Å²) in [4.78, 5) is 39.8. The van der Waals surface area contributed by atoms with Crippen molar-refractivity contribution in [2.75, 3.05) is 18.8 Å². The van der Waals surface area contributed by atoms with Crippen LogP contribution in [0.1, 0.15) is 46.0 Å². The molecule has 0 atom stereocenters. The van der Waals surface area contributed by atoms with E-state index in [1.54, 1.807) is 12.1 Å². The van der Waals surface area contributed by atoms with E-state index in [-0.39, 0.29) is 11.4 Å². The summed E-state index contributed by atoms with van der Waals surface area (Å²) < 4.78 is 0. The number of benzene rings is 1. The summed E-state index contributed by atoms with van der Waals surface area (Å²) in [6.45, 7) is 5.07. The van der Waals surface area contributed by atoms with Crippen LogP contribution in [0.15, 0.2) is 29.1 Å². The molecule has 1 fully saturated rings. The van der Waals surface area contributed by atoms with Crippen molar-refractivity contribution in [2.45, 2.75) is 26.3 Å². The van der Waals surface area contributed by atoms with Crippen molar-refractivity contribution in [1.29, 1.82) is 0 Å². The lowest BCUT2D eigenvalue weighted by Gasteiger charge is -2.30. The number of nitrogens with zero attached hydrogens (tertiary/aromatic N) is 1. The Morgan fingerprint density at radius 1 is 1.11 bits per heavy atom. The van der Waals surface area contributed by atoms with Crippen LogP contribution < -0.4 is 11.3 Å². The van der Waals surface area contributed by atoms with Gasteiger partial charge in [0.05, 0.1) is 0 Å². The maximum absolute atomic E-state index is 12.1. The fourth-order valence-electron chi connectivity index (χ4n) is 3.59. The molecule has 1 aromatic heterocycles. The number of carbonyl (C=O) groups is 2. The molecular weight excluding hydrogens is 362 g/mol. The molecule has 0 aliphatic carbocycles. The number of H-pyrrole nitrogens is 1. The first kappa shape index (κ1) is 19.6. The van der Waals surface area contributed by atoms with E-state index in [9.17, 15) is 24.6 Å². The fourth-order valence-corrected chi connectivity index (χ4v) is 3.59. The van der Waals surface area contributed by atoms with E-state index in [0.717, 1.165) is 44.0 Å². The van der Waals surface area contributed by atoms with E-state index in [4.69, 9.17) is 5.73 Å². The lowest BCUT2D eigenvalue weighted by atomic mass is 9.94. The van der Waals surface area contributed by atoms with Gasteiger partial charge in [0, 0.05) is 12.1 Å². The van der Waals surface area contributed by atoms with Gasteiger partial charge in [-0.1, -0.05) is 31.2 Å². The van der Waals surface area contributed by atoms with Crippen LogP contribution in [-0.2, 0) is 6.54 Å². The monoisotopic (exact) mass is 385 g/mol. The number of anilines is 1. The molecule has 5 N–H and O–H groups in total. The van der Waals surface area contributed by atoms with E-state index in [1.165, 1.54) is 0 Å². The lowest BCUT2D eigenvalue weighted by Crippen LogP contribution is -2.32. The predicted octanol–water partition coefficient (Wildman–Crippen LogP) is 2.25. The summed E-state index contributed by atoms with van der Waals surface area (Å²) in [5.41, 5.74) is 4.84. The highest BCUT2D eigenvalue weighted by atomic mass is 16.4. The Kier molecular flexibility index (Phi) is 5.51. The molecule has 148 valence electrons. The summed E-state index contributed by atoms with van der Waals surface area (Å²) in [5.74, 6) is -2.55. The average molecular weight is 385 g/mol. The number of aromatic nitrogens is 1. The minimum Gasteiger partial charge on any atom is -0.478 e. The van der Waals surface area contributed by atoms with E-state index in [2.05, 4.69) is 16.8 Å². The first-order valence-electron chi connectivity index (χ1n) is 9.12. The number of aromatic carboxylic acids is 2. The molecular formula is C20H23N3O5. The molecule has 1 aromatic carbocycles. The molecule has 1 aliphatic heterocycles. The van der Waals surface area contributed by atoms with E-state index < -0.39 is 28.6 Å². The van der Waals surface area contributed by atoms with Gasteiger partial charge in [0.1, 0.15) is 16.9 Å². The molecule has 0 saturated carbocycles. The maximum Gasteiger partial charge on any atom is 0.342 e. The van der Waals surface area contributed by atoms with Gasteiger partial charge in [-0.2, -0.15) is 0 Å². The van der Waals surface area contributed by atoms with Gasteiger partial charge >= 0.3 is 11.9 Å². The number of hydrogen-bond acceptors (Lipinski definition) is 5. The number of piperidine rings is 1. The molecule has 8 nitrogen and oxygen atoms in total. The number of carboxylic acids is 2. The topological polar surface area (TPSA) is 137 Å². The number of nitrogen functional groups attached to an aromatic ring is 1. The molecule has 1 aliphatic rings. The van der Waals surface area contributed by atoms with Crippen LogP contribution in [-0.4, -0.2) is 45.1 Å². The predicted molar refractivity (Wildman–Crippen MR) is 105 cm³/mol. The number of rotatable bonds is 5. The Morgan fingerprint density at radius 3 is 2.21 bits per heavy atom. The van der Waals surface area contributed by atoms with Crippen molar-refractivity contribution in [2.24, 2.45) is 5.92 Å². The maximum atomic E-state index is 12.1. The van der Waals surface area contributed by atoms with Crippen LogP contribution in [0.4, 0.5) is 5.82 Å². The number of nitrogens with one attached hydrogen (secondary N) is 1. The molecule has 0 spiro atoms. The van der Waals surface area contributed by atoms with Crippen molar-refractivity contribution in [3.05, 3.63) is 51.3 Å². The molecule has 8 heteroatoms. The third-order valence-electron chi connectivity index (χ3n) is 5.20. The third-order valence-corrected chi connectivity index (χ3v) is 5.20. The van der Waals surface area contributed by atoms with Gasteiger partial charge in [-0.25, -0.2) is 9.59 Å². The molecule has 0 radical (unpaired) electrons. The Labute approximate surface area is 161 Å². The van der Waals surface area contributed by atoms with Gasteiger partial charge in [-0.3, -0.25) is 9.69 Å². The zero-order chi connectivity index (χ0) is 20.4. The first-order valence-corrected chi connectivity index (χ1v) is 9.12. The molecule has 2 heterocycles. The highest BCUT2D eigenvalue weighted by Crippen LogP contribution is 2.29. The molecule has 28 heavy (non-hydrogen) atoms. The quantitative estimate of drug-likeness (QED) is 0.619. The van der Waals surface area contributed by atoms with Crippen LogP contribution in [0.3, 0.4) is 0 Å². The van der Waals surface area contributed by atoms with Gasteiger partial charge in [-0.15, -0.1) is 0 Å². The normalized spacial score (nSPS) is 15.5. The summed E-state index contributed by atoms with van der Waals surface area (Å²) in [7, 11) is 0. The molecule has 0 amide bonds.